The molecule has 2 nitrogen and oxygen atoms in total. The molecule has 0 atom stereocenters. The third-order valence-electron chi connectivity index (χ3n) is 0.500. The smallest absolute Gasteiger partial charge is 0.328 e. The third kappa shape index (κ3) is 4.14. The minimum absolute atomic E-state index is 1.52. The maximum absolute atomic E-state index is 8.74. The van der Waals surface area contributed by atoms with E-state index in [4.69, 9.17) is 4.80 Å². The van der Waals surface area contributed by atoms with Gasteiger partial charge in [0.2, 0.25) is 0 Å². The van der Waals surface area contributed by atoms with E-state index < -0.39 is 8.56 Å². The van der Waals surface area contributed by atoms with Gasteiger partial charge in [-0.3, -0.25) is 0 Å². The zero-order valence-electron chi connectivity index (χ0n) is 4.36. The fourth-order valence-electron chi connectivity index (χ4n) is 0. The molecule has 3 heteroatoms. The average molecular weight is 106 g/mol. The van der Waals surface area contributed by atoms with Gasteiger partial charge in [0, 0.05) is 7.11 Å². The largest absolute Gasteiger partial charge is 0.411 e. The molecular formula is C3H10O2Si. The molecule has 0 aliphatic carbocycles. The SMILES string of the molecule is CO[Si](C)(C)O. The molecule has 0 spiro atoms. The van der Waals surface area contributed by atoms with Crippen molar-refractivity contribution >= 4 is 8.56 Å². The molecule has 0 rings (SSSR count). The standard InChI is InChI=1S/C3H10O2Si/c1-5-6(2,3)4/h4H,1-3H3. The summed E-state index contributed by atoms with van der Waals surface area (Å²) >= 11 is 0. The molecule has 0 aliphatic rings. The molecule has 0 aromatic heterocycles. The lowest BCUT2D eigenvalue weighted by Crippen LogP contribution is -2.27. The highest BCUT2D eigenvalue weighted by Gasteiger charge is 2.14. The van der Waals surface area contributed by atoms with E-state index in [-0.39, 0.29) is 0 Å². The van der Waals surface area contributed by atoms with Gasteiger partial charge in [0.25, 0.3) is 0 Å². The van der Waals surface area contributed by atoms with Gasteiger partial charge in [-0.25, -0.2) is 0 Å². The number of rotatable bonds is 1. The van der Waals surface area contributed by atoms with Crippen molar-refractivity contribution in [3.05, 3.63) is 0 Å². The van der Waals surface area contributed by atoms with Crippen molar-refractivity contribution in [1.82, 2.24) is 0 Å². The Bertz CT molecular complexity index is 38.5. The Balaban J connectivity index is 3.17. The highest BCUT2D eigenvalue weighted by Crippen LogP contribution is 1.92. The summed E-state index contributed by atoms with van der Waals surface area (Å²) in [6, 6.07) is 0. The topological polar surface area (TPSA) is 29.5 Å². The van der Waals surface area contributed by atoms with Crippen LogP contribution in [0, 0.1) is 0 Å². The van der Waals surface area contributed by atoms with Crippen LogP contribution in [0.1, 0.15) is 0 Å². The predicted molar refractivity (Wildman–Crippen MR) is 26.7 cm³/mol. The van der Waals surface area contributed by atoms with Crippen LogP contribution in [0.4, 0.5) is 0 Å². The van der Waals surface area contributed by atoms with E-state index in [2.05, 4.69) is 4.43 Å². The van der Waals surface area contributed by atoms with Gasteiger partial charge in [0.15, 0.2) is 0 Å². The molecule has 0 aromatic rings. The van der Waals surface area contributed by atoms with Gasteiger partial charge >= 0.3 is 8.56 Å². The number of hydrogen-bond acceptors (Lipinski definition) is 2. The summed E-state index contributed by atoms with van der Waals surface area (Å²) in [7, 11) is -0.611. The third-order valence-corrected chi connectivity index (χ3v) is 1.50. The number of hydrogen-bond donors (Lipinski definition) is 1. The monoisotopic (exact) mass is 106 g/mol. The normalized spacial score (nSPS) is 12.0. The van der Waals surface area contributed by atoms with Gasteiger partial charge in [0.1, 0.15) is 0 Å². The molecule has 0 saturated carbocycles. The molecule has 38 valence electrons. The highest BCUT2D eigenvalue weighted by atomic mass is 28.4. The molecule has 0 fully saturated rings. The van der Waals surface area contributed by atoms with Crippen LogP contribution in [0.3, 0.4) is 0 Å². The molecule has 0 heterocycles. The zero-order valence-corrected chi connectivity index (χ0v) is 5.36. The van der Waals surface area contributed by atoms with Crippen LogP contribution in [0.15, 0.2) is 0 Å². The van der Waals surface area contributed by atoms with E-state index >= 15 is 0 Å². The Kier molecular flexibility index (Phi) is 1.77. The minimum atomic E-state index is -2.13. The molecule has 0 amide bonds. The van der Waals surface area contributed by atoms with E-state index in [0.29, 0.717) is 0 Å². The van der Waals surface area contributed by atoms with E-state index in [1.54, 1.807) is 13.1 Å². The quantitative estimate of drug-likeness (QED) is 0.488. The summed E-state index contributed by atoms with van der Waals surface area (Å²) in [6.07, 6.45) is 0. The molecule has 0 radical (unpaired) electrons. The van der Waals surface area contributed by atoms with E-state index in [9.17, 15) is 0 Å². The van der Waals surface area contributed by atoms with Crippen molar-refractivity contribution in [3.8, 4) is 0 Å². The van der Waals surface area contributed by atoms with Crippen LogP contribution in [0.2, 0.25) is 13.1 Å². The van der Waals surface area contributed by atoms with E-state index in [1.165, 1.54) is 7.11 Å². The fourth-order valence-corrected chi connectivity index (χ4v) is 0. The van der Waals surface area contributed by atoms with Crippen LogP contribution in [-0.2, 0) is 4.43 Å². The molecule has 0 bridgehead atoms. The van der Waals surface area contributed by atoms with Gasteiger partial charge in [-0.1, -0.05) is 0 Å². The maximum atomic E-state index is 8.74. The van der Waals surface area contributed by atoms with Crippen LogP contribution in [-0.4, -0.2) is 20.5 Å². The highest BCUT2D eigenvalue weighted by molar-refractivity contribution is 6.63. The first kappa shape index (κ1) is 6.14. The fraction of sp³-hybridized carbons (Fsp3) is 1.00. The van der Waals surface area contributed by atoms with Crippen molar-refractivity contribution < 1.29 is 9.22 Å². The molecule has 1 N–H and O–H groups in total. The molecule has 0 aromatic carbocycles. The molecule has 0 unspecified atom stereocenters. The van der Waals surface area contributed by atoms with E-state index in [0.717, 1.165) is 0 Å². The first-order chi connectivity index (χ1) is 2.56. The zero-order chi connectivity index (χ0) is 5.21. The second-order valence-electron chi connectivity index (χ2n) is 1.65. The van der Waals surface area contributed by atoms with Gasteiger partial charge in [-0.2, -0.15) is 0 Å². The summed E-state index contributed by atoms with van der Waals surface area (Å²) in [5.74, 6) is 0. The lowest BCUT2D eigenvalue weighted by molar-refractivity contribution is 0.305. The lowest BCUT2D eigenvalue weighted by atomic mass is 11.8. The summed E-state index contributed by atoms with van der Waals surface area (Å²) in [6.45, 7) is 3.43. The van der Waals surface area contributed by atoms with Crippen molar-refractivity contribution in [3.63, 3.8) is 0 Å². The summed E-state index contributed by atoms with van der Waals surface area (Å²) in [5, 5.41) is 0. The molecule has 0 aliphatic heterocycles. The van der Waals surface area contributed by atoms with Crippen molar-refractivity contribution in [2.24, 2.45) is 0 Å². The Morgan fingerprint density at radius 1 is 1.50 bits per heavy atom. The Labute approximate surface area is 39.0 Å². The Hall–Kier alpha value is 0.137. The van der Waals surface area contributed by atoms with Crippen molar-refractivity contribution in [2.75, 3.05) is 7.11 Å². The maximum Gasteiger partial charge on any atom is 0.328 e. The molecule has 6 heavy (non-hydrogen) atoms. The second kappa shape index (κ2) is 1.73. The van der Waals surface area contributed by atoms with Gasteiger partial charge in [0.05, 0.1) is 0 Å². The van der Waals surface area contributed by atoms with E-state index in [1.807, 2.05) is 0 Å². The van der Waals surface area contributed by atoms with Gasteiger partial charge in [-0.15, -0.1) is 0 Å². The Morgan fingerprint density at radius 3 is 1.67 bits per heavy atom. The second-order valence-corrected chi connectivity index (χ2v) is 4.95. The van der Waals surface area contributed by atoms with Crippen LogP contribution < -0.4 is 0 Å². The summed E-state index contributed by atoms with van der Waals surface area (Å²) < 4.78 is 4.63. The molecular weight excluding hydrogens is 96.1 g/mol. The first-order valence-corrected chi connectivity index (χ1v) is 4.69. The lowest BCUT2D eigenvalue weighted by Gasteiger charge is -2.08. The predicted octanol–water partition coefficient (Wildman–Crippen LogP) is 0.327. The minimum Gasteiger partial charge on any atom is -0.411 e. The molecule has 0 saturated heterocycles. The van der Waals surface area contributed by atoms with Crippen LogP contribution in [0.25, 0.3) is 0 Å². The summed E-state index contributed by atoms with van der Waals surface area (Å²) in [5.41, 5.74) is 0. The van der Waals surface area contributed by atoms with Crippen molar-refractivity contribution in [2.45, 2.75) is 13.1 Å². The van der Waals surface area contributed by atoms with Gasteiger partial charge < -0.3 is 9.22 Å². The van der Waals surface area contributed by atoms with Gasteiger partial charge in [-0.05, 0) is 13.1 Å². The first-order valence-electron chi connectivity index (χ1n) is 1.84. The Morgan fingerprint density at radius 2 is 1.67 bits per heavy atom. The van der Waals surface area contributed by atoms with Crippen molar-refractivity contribution in [1.29, 1.82) is 0 Å². The average Bonchev–Trinajstić information content (AvgIpc) is 1.35. The van der Waals surface area contributed by atoms with Crippen LogP contribution >= 0.6 is 0 Å². The van der Waals surface area contributed by atoms with Crippen LogP contribution in [0.5, 0.6) is 0 Å². The summed E-state index contributed by atoms with van der Waals surface area (Å²) in [4.78, 5) is 8.74.